The van der Waals surface area contributed by atoms with Gasteiger partial charge in [0.15, 0.2) is 0 Å². The molecule has 1 aromatic carbocycles. The lowest BCUT2D eigenvalue weighted by molar-refractivity contribution is 1.07. The van der Waals surface area contributed by atoms with E-state index in [0.29, 0.717) is 5.88 Å². The van der Waals surface area contributed by atoms with Gasteiger partial charge in [-0.25, -0.2) is 4.98 Å². The number of imidazole rings is 1. The number of hydrogen-bond acceptors (Lipinski definition) is 2. The van der Waals surface area contributed by atoms with Crippen molar-refractivity contribution in [1.82, 2.24) is 9.38 Å². The Morgan fingerprint density at radius 3 is 2.63 bits per heavy atom. The predicted octanol–water partition coefficient (Wildman–Crippen LogP) is 3.69. The summed E-state index contributed by atoms with van der Waals surface area (Å²) in [5.41, 5.74) is 3.32. The molecule has 0 aliphatic carbocycles. The zero-order chi connectivity index (χ0) is 13.1. The molecular weight excluding hydrogens is 258 g/mol. The second-order valence-electron chi connectivity index (χ2n) is 4.37. The molecule has 0 amide bonds. The highest BCUT2D eigenvalue weighted by atomic mass is 35.5. The molecule has 3 nitrogen and oxygen atoms in total. The van der Waals surface area contributed by atoms with Gasteiger partial charge < -0.3 is 5.32 Å². The van der Waals surface area contributed by atoms with Crippen LogP contribution in [0.5, 0.6) is 0 Å². The lowest BCUT2D eigenvalue weighted by atomic mass is 10.1. The van der Waals surface area contributed by atoms with Gasteiger partial charge in [0.05, 0.1) is 0 Å². The highest BCUT2D eigenvalue weighted by molar-refractivity contribution is 6.17. The Kier molecular flexibility index (Phi) is 3.38. The Morgan fingerprint density at radius 1 is 1.05 bits per heavy atom. The molecule has 0 atom stereocenters. The van der Waals surface area contributed by atoms with E-state index in [2.05, 4.69) is 34.6 Å². The molecule has 19 heavy (non-hydrogen) atoms. The van der Waals surface area contributed by atoms with Crippen molar-refractivity contribution >= 4 is 23.1 Å². The van der Waals surface area contributed by atoms with Crippen molar-refractivity contribution in [2.24, 2.45) is 0 Å². The van der Waals surface area contributed by atoms with Crippen LogP contribution in [0.1, 0.15) is 11.1 Å². The van der Waals surface area contributed by atoms with Crippen LogP contribution in [-0.2, 0) is 12.4 Å². The number of alkyl halides is 1. The second kappa shape index (κ2) is 5.33. The third-order valence-electron chi connectivity index (χ3n) is 3.08. The van der Waals surface area contributed by atoms with Gasteiger partial charge in [0.2, 0.25) is 0 Å². The number of pyridine rings is 1. The Balaban J connectivity index is 1.76. The number of fused-ring (bicyclic) bond motifs is 1. The Bertz CT molecular complexity index is 673. The number of nitrogens with zero attached hydrogens (tertiary/aromatic N) is 2. The maximum absolute atomic E-state index is 5.78. The molecule has 96 valence electrons. The number of nitrogens with one attached hydrogen (secondary N) is 1. The first-order chi connectivity index (χ1) is 9.36. The summed E-state index contributed by atoms with van der Waals surface area (Å²) < 4.78 is 2.03. The molecule has 4 heteroatoms. The SMILES string of the molecule is ClCc1ccc(CNc2cccc3nccn23)cc1. The van der Waals surface area contributed by atoms with E-state index in [9.17, 15) is 0 Å². The van der Waals surface area contributed by atoms with Crippen LogP contribution in [0.2, 0.25) is 0 Å². The lowest BCUT2D eigenvalue weighted by Gasteiger charge is -2.09. The van der Waals surface area contributed by atoms with Gasteiger partial charge in [0.1, 0.15) is 11.5 Å². The average Bonchev–Trinajstić information content (AvgIpc) is 2.94. The molecule has 0 radical (unpaired) electrons. The van der Waals surface area contributed by atoms with Gasteiger partial charge in [0, 0.05) is 24.8 Å². The van der Waals surface area contributed by atoms with Gasteiger partial charge >= 0.3 is 0 Å². The highest BCUT2D eigenvalue weighted by Crippen LogP contribution is 2.13. The Morgan fingerprint density at radius 2 is 1.84 bits per heavy atom. The fourth-order valence-electron chi connectivity index (χ4n) is 2.03. The van der Waals surface area contributed by atoms with Gasteiger partial charge in [-0.05, 0) is 23.3 Å². The number of aromatic nitrogens is 2. The van der Waals surface area contributed by atoms with Crippen molar-refractivity contribution in [3.05, 3.63) is 66.0 Å². The predicted molar refractivity (Wildman–Crippen MR) is 78.5 cm³/mol. The number of rotatable bonds is 4. The number of hydrogen-bond donors (Lipinski definition) is 1. The smallest absolute Gasteiger partial charge is 0.138 e. The van der Waals surface area contributed by atoms with Crippen molar-refractivity contribution in [2.45, 2.75) is 12.4 Å². The summed E-state index contributed by atoms with van der Waals surface area (Å²) >= 11 is 5.78. The minimum Gasteiger partial charge on any atom is -0.367 e. The molecule has 0 aliphatic rings. The molecule has 1 N–H and O–H groups in total. The monoisotopic (exact) mass is 271 g/mol. The van der Waals surface area contributed by atoms with Gasteiger partial charge in [-0.15, -0.1) is 11.6 Å². The number of benzene rings is 1. The minimum atomic E-state index is 0.558. The van der Waals surface area contributed by atoms with E-state index in [4.69, 9.17) is 11.6 Å². The second-order valence-corrected chi connectivity index (χ2v) is 4.64. The van der Waals surface area contributed by atoms with Crippen molar-refractivity contribution < 1.29 is 0 Å². The molecule has 2 heterocycles. The summed E-state index contributed by atoms with van der Waals surface area (Å²) in [4.78, 5) is 4.27. The molecule has 3 aromatic rings. The zero-order valence-electron chi connectivity index (χ0n) is 10.4. The van der Waals surface area contributed by atoms with E-state index in [1.165, 1.54) is 5.56 Å². The Labute approximate surface area is 116 Å². The first kappa shape index (κ1) is 12.1. The molecule has 3 rings (SSSR count). The third-order valence-corrected chi connectivity index (χ3v) is 3.39. The van der Waals surface area contributed by atoms with Crippen molar-refractivity contribution in [3.8, 4) is 0 Å². The van der Waals surface area contributed by atoms with Crippen LogP contribution >= 0.6 is 11.6 Å². The maximum atomic E-state index is 5.78. The molecule has 0 unspecified atom stereocenters. The van der Waals surface area contributed by atoms with Crippen molar-refractivity contribution in [3.63, 3.8) is 0 Å². The summed E-state index contributed by atoms with van der Waals surface area (Å²) in [7, 11) is 0. The van der Waals surface area contributed by atoms with Crippen LogP contribution < -0.4 is 5.32 Å². The largest absolute Gasteiger partial charge is 0.367 e. The number of anilines is 1. The van der Waals surface area contributed by atoms with Crippen LogP contribution in [0.15, 0.2) is 54.9 Å². The quantitative estimate of drug-likeness (QED) is 0.734. The van der Waals surface area contributed by atoms with Crippen LogP contribution in [0, 0.1) is 0 Å². The standard InChI is InChI=1S/C15H14ClN3/c16-10-12-4-6-13(7-5-12)11-18-15-3-1-2-14-17-8-9-19(14)15/h1-9,18H,10-11H2. The van der Waals surface area contributed by atoms with E-state index < -0.39 is 0 Å². The molecule has 0 fully saturated rings. The number of halogens is 1. The van der Waals surface area contributed by atoms with Gasteiger partial charge in [-0.3, -0.25) is 4.40 Å². The first-order valence-corrected chi connectivity index (χ1v) is 6.70. The van der Waals surface area contributed by atoms with Crippen molar-refractivity contribution in [2.75, 3.05) is 5.32 Å². The molecule has 0 aliphatic heterocycles. The average molecular weight is 272 g/mol. The van der Waals surface area contributed by atoms with Crippen LogP contribution in [0.3, 0.4) is 0 Å². The molecule has 0 saturated carbocycles. The topological polar surface area (TPSA) is 29.3 Å². The Hall–Kier alpha value is -2.00. The van der Waals surface area contributed by atoms with Gasteiger partial charge in [-0.2, -0.15) is 0 Å². The van der Waals surface area contributed by atoms with Crippen LogP contribution in [-0.4, -0.2) is 9.38 Å². The summed E-state index contributed by atoms with van der Waals surface area (Å²) in [5.74, 6) is 1.60. The van der Waals surface area contributed by atoms with E-state index in [0.717, 1.165) is 23.6 Å². The van der Waals surface area contributed by atoms with Crippen LogP contribution in [0.25, 0.3) is 5.65 Å². The van der Waals surface area contributed by atoms with E-state index >= 15 is 0 Å². The molecule has 0 saturated heterocycles. The minimum absolute atomic E-state index is 0.558. The van der Waals surface area contributed by atoms with E-state index in [-0.39, 0.29) is 0 Å². The summed E-state index contributed by atoms with van der Waals surface area (Å²) in [6.45, 7) is 0.778. The maximum Gasteiger partial charge on any atom is 0.138 e. The first-order valence-electron chi connectivity index (χ1n) is 6.16. The fraction of sp³-hybridized carbons (Fsp3) is 0.133. The lowest BCUT2D eigenvalue weighted by Crippen LogP contribution is -2.03. The molecular formula is C15H14ClN3. The molecule has 0 spiro atoms. The van der Waals surface area contributed by atoms with E-state index in [1.807, 2.05) is 28.8 Å². The highest BCUT2D eigenvalue weighted by Gasteiger charge is 2.00. The van der Waals surface area contributed by atoms with E-state index in [1.54, 1.807) is 6.20 Å². The van der Waals surface area contributed by atoms with Crippen molar-refractivity contribution in [1.29, 1.82) is 0 Å². The van der Waals surface area contributed by atoms with Crippen LogP contribution in [0.4, 0.5) is 5.82 Å². The molecule has 2 aromatic heterocycles. The fourth-order valence-corrected chi connectivity index (χ4v) is 2.21. The summed E-state index contributed by atoms with van der Waals surface area (Å²) in [6.07, 6.45) is 3.75. The normalized spacial score (nSPS) is 10.8. The molecule has 0 bridgehead atoms. The van der Waals surface area contributed by atoms with Gasteiger partial charge in [-0.1, -0.05) is 30.3 Å². The summed E-state index contributed by atoms with van der Waals surface area (Å²) in [6, 6.07) is 14.3. The third kappa shape index (κ3) is 2.56. The zero-order valence-corrected chi connectivity index (χ0v) is 11.1. The van der Waals surface area contributed by atoms with Gasteiger partial charge in [0.25, 0.3) is 0 Å². The summed E-state index contributed by atoms with van der Waals surface area (Å²) in [5, 5.41) is 3.42.